The molecule has 0 aliphatic heterocycles. The number of aromatic nitrogens is 2. The minimum absolute atomic E-state index is 0.304. The van der Waals surface area contributed by atoms with Gasteiger partial charge in [0.05, 0.1) is 6.20 Å². The van der Waals surface area contributed by atoms with Crippen molar-refractivity contribution in [2.45, 2.75) is 19.4 Å². The van der Waals surface area contributed by atoms with Gasteiger partial charge in [0, 0.05) is 27.3 Å². The van der Waals surface area contributed by atoms with Gasteiger partial charge in [-0.2, -0.15) is 5.10 Å². The molecule has 0 saturated carbocycles. The summed E-state index contributed by atoms with van der Waals surface area (Å²) in [5.74, 6) is 0. The first-order chi connectivity index (χ1) is 9.10. The molecule has 5 heteroatoms. The molecule has 0 bridgehead atoms. The summed E-state index contributed by atoms with van der Waals surface area (Å²) in [5, 5.41) is 7.79. The maximum Gasteiger partial charge on any atom is 0.0522 e. The molecule has 19 heavy (non-hydrogen) atoms. The van der Waals surface area contributed by atoms with Crippen LogP contribution in [0.15, 0.2) is 35.1 Å². The fraction of sp³-hybridized carbons (Fsp3) is 0.357. The van der Waals surface area contributed by atoms with Crippen LogP contribution in [-0.4, -0.2) is 16.3 Å². The van der Waals surface area contributed by atoms with Gasteiger partial charge in [0.2, 0.25) is 0 Å². The molecular formula is C14H17BrIN3. The van der Waals surface area contributed by atoms with Gasteiger partial charge in [-0.3, -0.25) is 4.68 Å². The maximum atomic E-state index is 4.24. The quantitative estimate of drug-likeness (QED) is 0.729. The van der Waals surface area contributed by atoms with Gasteiger partial charge < -0.3 is 5.32 Å². The number of hydrogen-bond donors (Lipinski definition) is 1. The number of benzene rings is 1. The molecule has 1 unspecified atom stereocenters. The average Bonchev–Trinajstić information content (AvgIpc) is 2.77. The molecule has 1 aromatic carbocycles. The number of halogens is 2. The number of likely N-dealkylation sites (N-methyl/N-ethyl adjacent to an activating group) is 1. The van der Waals surface area contributed by atoms with Gasteiger partial charge in [0.25, 0.3) is 0 Å². The van der Waals surface area contributed by atoms with E-state index in [4.69, 9.17) is 0 Å². The van der Waals surface area contributed by atoms with Gasteiger partial charge in [-0.15, -0.1) is 0 Å². The second-order valence-electron chi connectivity index (χ2n) is 4.50. The minimum atomic E-state index is 0.304. The highest BCUT2D eigenvalue weighted by Crippen LogP contribution is 2.27. The Morgan fingerprint density at radius 3 is 2.89 bits per heavy atom. The smallest absolute Gasteiger partial charge is 0.0522 e. The van der Waals surface area contributed by atoms with Gasteiger partial charge >= 0.3 is 0 Å². The van der Waals surface area contributed by atoms with Crippen molar-refractivity contribution in [3.05, 3.63) is 49.8 Å². The largest absolute Gasteiger partial charge is 0.310 e. The lowest BCUT2D eigenvalue weighted by Gasteiger charge is -2.19. The zero-order valence-electron chi connectivity index (χ0n) is 11.0. The van der Waals surface area contributed by atoms with Gasteiger partial charge in [0.15, 0.2) is 0 Å². The van der Waals surface area contributed by atoms with Crippen molar-refractivity contribution in [3.63, 3.8) is 0 Å². The third-order valence-corrected chi connectivity index (χ3v) is 4.38. The lowest BCUT2D eigenvalue weighted by Crippen LogP contribution is -2.23. The topological polar surface area (TPSA) is 29.9 Å². The predicted molar refractivity (Wildman–Crippen MR) is 90.2 cm³/mol. The Labute approximate surface area is 136 Å². The van der Waals surface area contributed by atoms with E-state index in [1.807, 2.05) is 17.9 Å². The second kappa shape index (κ2) is 6.85. The van der Waals surface area contributed by atoms with Crippen LogP contribution in [0.1, 0.15) is 24.1 Å². The van der Waals surface area contributed by atoms with E-state index in [0.29, 0.717) is 6.04 Å². The van der Waals surface area contributed by atoms with Crippen LogP contribution in [0.5, 0.6) is 0 Å². The highest BCUT2D eigenvalue weighted by molar-refractivity contribution is 14.1. The summed E-state index contributed by atoms with van der Waals surface area (Å²) in [5.41, 5.74) is 2.55. The summed E-state index contributed by atoms with van der Waals surface area (Å²) in [4.78, 5) is 0. The van der Waals surface area contributed by atoms with Crippen LogP contribution in [0.4, 0.5) is 0 Å². The maximum absolute atomic E-state index is 4.24. The molecule has 2 aromatic rings. The molecule has 0 radical (unpaired) electrons. The Morgan fingerprint density at radius 2 is 2.26 bits per heavy atom. The fourth-order valence-electron chi connectivity index (χ4n) is 2.13. The third-order valence-electron chi connectivity index (χ3n) is 2.98. The number of rotatable bonds is 5. The lowest BCUT2D eigenvalue weighted by molar-refractivity contribution is 0.547. The van der Waals surface area contributed by atoms with E-state index in [1.165, 1.54) is 14.7 Å². The van der Waals surface area contributed by atoms with Gasteiger partial charge in [0.1, 0.15) is 0 Å². The first kappa shape index (κ1) is 15.0. The van der Waals surface area contributed by atoms with Crippen LogP contribution in [-0.2, 0) is 13.5 Å². The summed E-state index contributed by atoms with van der Waals surface area (Å²) >= 11 is 6.01. The van der Waals surface area contributed by atoms with E-state index >= 15 is 0 Å². The van der Waals surface area contributed by atoms with Gasteiger partial charge in [-0.1, -0.05) is 22.9 Å². The number of hydrogen-bond acceptors (Lipinski definition) is 2. The molecule has 102 valence electrons. The Morgan fingerprint density at radius 1 is 1.47 bits per heavy atom. The van der Waals surface area contributed by atoms with Gasteiger partial charge in [-0.25, -0.2) is 0 Å². The summed E-state index contributed by atoms with van der Waals surface area (Å²) < 4.78 is 4.26. The molecule has 0 aliphatic carbocycles. The zero-order chi connectivity index (χ0) is 13.8. The molecular weight excluding hydrogens is 417 g/mol. The molecule has 3 nitrogen and oxygen atoms in total. The van der Waals surface area contributed by atoms with E-state index in [-0.39, 0.29) is 0 Å². The minimum Gasteiger partial charge on any atom is -0.310 e. The predicted octanol–water partition coefficient (Wildman–Crippen LogP) is 3.68. The van der Waals surface area contributed by atoms with E-state index in [2.05, 4.69) is 80.3 Å². The molecule has 0 saturated heterocycles. The van der Waals surface area contributed by atoms with Crippen molar-refractivity contribution in [1.29, 1.82) is 0 Å². The Kier molecular flexibility index (Phi) is 5.41. The number of nitrogens with one attached hydrogen (secondary N) is 1. The van der Waals surface area contributed by atoms with Crippen LogP contribution >= 0.6 is 38.5 Å². The van der Waals surface area contributed by atoms with Crippen LogP contribution in [0, 0.1) is 3.57 Å². The summed E-state index contributed by atoms with van der Waals surface area (Å²) in [7, 11) is 1.95. The summed E-state index contributed by atoms with van der Waals surface area (Å²) in [6.45, 7) is 3.08. The molecule has 0 spiro atoms. The molecule has 2 rings (SSSR count). The van der Waals surface area contributed by atoms with E-state index in [9.17, 15) is 0 Å². The Bertz CT molecular complexity index is 553. The standard InChI is InChI=1S/C14H17BrIN3/c1-3-17-14(6-10-8-18-19(2)9-10)12-7-11(16)4-5-13(12)15/h4-5,7-9,14,17H,3,6H2,1-2H3. The highest BCUT2D eigenvalue weighted by Gasteiger charge is 2.15. The molecule has 1 N–H and O–H groups in total. The Hall–Kier alpha value is -0.400. The average molecular weight is 434 g/mol. The Balaban J connectivity index is 2.26. The van der Waals surface area contributed by atoms with Crippen molar-refractivity contribution in [2.75, 3.05) is 6.54 Å². The number of nitrogens with zero attached hydrogens (tertiary/aromatic N) is 2. The fourth-order valence-corrected chi connectivity index (χ4v) is 3.17. The lowest BCUT2D eigenvalue weighted by atomic mass is 10.0. The highest BCUT2D eigenvalue weighted by atomic mass is 127. The first-order valence-electron chi connectivity index (χ1n) is 6.26. The molecule has 1 heterocycles. The normalized spacial score (nSPS) is 12.6. The number of aryl methyl sites for hydroxylation is 1. The zero-order valence-corrected chi connectivity index (χ0v) is 14.8. The monoisotopic (exact) mass is 433 g/mol. The van der Waals surface area contributed by atoms with Crippen LogP contribution < -0.4 is 5.32 Å². The van der Waals surface area contributed by atoms with E-state index < -0.39 is 0 Å². The molecule has 0 amide bonds. The SMILES string of the molecule is CCNC(Cc1cnn(C)c1)c1cc(I)ccc1Br. The van der Waals surface area contributed by atoms with Crippen molar-refractivity contribution >= 4 is 38.5 Å². The van der Waals surface area contributed by atoms with Gasteiger partial charge in [-0.05, 0) is 64.9 Å². The van der Waals surface area contributed by atoms with E-state index in [0.717, 1.165) is 17.4 Å². The van der Waals surface area contributed by atoms with Crippen molar-refractivity contribution in [2.24, 2.45) is 7.05 Å². The van der Waals surface area contributed by atoms with E-state index in [1.54, 1.807) is 0 Å². The summed E-state index contributed by atoms with van der Waals surface area (Å²) in [6.07, 6.45) is 4.96. The van der Waals surface area contributed by atoms with Crippen molar-refractivity contribution < 1.29 is 0 Å². The molecule has 1 atom stereocenters. The molecule has 1 aromatic heterocycles. The third kappa shape index (κ3) is 4.03. The van der Waals surface area contributed by atoms with Crippen LogP contribution in [0.2, 0.25) is 0 Å². The summed E-state index contributed by atoms with van der Waals surface area (Å²) in [6, 6.07) is 6.76. The second-order valence-corrected chi connectivity index (χ2v) is 6.60. The van der Waals surface area contributed by atoms with Crippen LogP contribution in [0.3, 0.4) is 0 Å². The van der Waals surface area contributed by atoms with Crippen LogP contribution in [0.25, 0.3) is 0 Å². The van der Waals surface area contributed by atoms with Crippen molar-refractivity contribution in [3.8, 4) is 0 Å². The molecule has 0 aliphatic rings. The molecule has 0 fully saturated rings. The van der Waals surface area contributed by atoms with Crippen molar-refractivity contribution in [1.82, 2.24) is 15.1 Å². The first-order valence-corrected chi connectivity index (χ1v) is 8.13.